The Morgan fingerprint density at radius 2 is 1.44 bits per heavy atom. The Labute approximate surface area is 334 Å². The van der Waals surface area contributed by atoms with Crippen molar-refractivity contribution in [3.63, 3.8) is 0 Å². The quantitative estimate of drug-likeness (QED) is 0.141. The van der Waals surface area contributed by atoms with Crippen LogP contribution in [0.4, 0.5) is 13.6 Å². The van der Waals surface area contributed by atoms with Gasteiger partial charge in [-0.3, -0.25) is 4.79 Å². The van der Waals surface area contributed by atoms with Gasteiger partial charge in [0.1, 0.15) is 45.8 Å². The van der Waals surface area contributed by atoms with Crippen LogP contribution in [0.25, 0.3) is 0 Å². The zero-order chi connectivity index (χ0) is 42.6. The van der Waals surface area contributed by atoms with Crippen molar-refractivity contribution in [3.8, 4) is 5.75 Å². The number of carbonyl (C=O) groups is 4. The number of ether oxygens (including phenoxy) is 4. The Morgan fingerprint density at radius 3 is 1.98 bits per heavy atom. The van der Waals surface area contributed by atoms with Crippen LogP contribution in [0.3, 0.4) is 0 Å². The highest BCUT2D eigenvalue weighted by molar-refractivity contribution is 6.48. The molecule has 1 aliphatic heterocycles. The second-order valence-electron chi connectivity index (χ2n) is 19.1. The van der Waals surface area contributed by atoms with E-state index in [1.165, 1.54) is 7.11 Å². The molecule has 4 aliphatic rings. The van der Waals surface area contributed by atoms with Gasteiger partial charge in [0.05, 0.1) is 35.9 Å². The molecule has 0 aromatic heterocycles. The predicted molar refractivity (Wildman–Crippen MR) is 208 cm³/mol. The van der Waals surface area contributed by atoms with Crippen LogP contribution < -0.4 is 15.4 Å². The summed E-state index contributed by atoms with van der Waals surface area (Å²) in [7, 11) is 0.335. The van der Waals surface area contributed by atoms with Gasteiger partial charge in [-0.25, -0.2) is 23.2 Å². The molecule has 57 heavy (non-hydrogen) atoms. The first-order valence-electron chi connectivity index (χ1n) is 19.4. The van der Waals surface area contributed by atoms with Crippen LogP contribution in [0.2, 0.25) is 0 Å². The molecule has 312 valence electrons. The van der Waals surface area contributed by atoms with Gasteiger partial charge in [-0.15, -0.1) is 0 Å². The molecule has 2 bridgehead atoms. The second kappa shape index (κ2) is 15.5. The molecule has 1 heterocycles. The van der Waals surface area contributed by atoms with E-state index < -0.39 is 88.2 Å². The van der Waals surface area contributed by atoms with E-state index >= 15 is 8.78 Å². The SMILES string of the molecule is COc1c(CC(NC(=O)C(NC(=O)OC(C)(C)C)c2c(F)cc(C(=O)OC(C)(C)C)cc2F)B2O[C@@H]3C[C@@H]4C[C@@H](C4(C)C)[C@]3(C)O2)cccc1C(=O)OC(C)(C)C. The summed E-state index contributed by atoms with van der Waals surface area (Å²) in [6.07, 6.45) is 0.212. The fourth-order valence-corrected chi connectivity index (χ4v) is 8.28. The number of hydrogen-bond acceptors (Lipinski definition) is 10. The Balaban J connectivity index is 1.55. The lowest BCUT2D eigenvalue weighted by Gasteiger charge is -2.64. The third-order valence-electron chi connectivity index (χ3n) is 10.9. The lowest BCUT2D eigenvalue weighted by Crippen LogP contribution is -2.65. The highest BCUT2D eigenvalue weighted by Gasteiger charge is 2.68. The molecular weight excluding hydrogens is 741 g/mol. The van der Waals surface area contributed by atoms with Gasteiger partial charge in [0.2, 0.25) is 5.91 Å². The number of alkyl carbamates (subject to hydrolysis) is 1. The topological polar surface area (TPSA) is 148 Å². The zero-order valence-corrected chi connectivity index (χ0v) is 35.3. The number of nitrogens with one attached hydrogen (secondary N) is 2. The first kappa shape index (κ1) is 43.9. The van der Waals surface area contributed by atoms with Crippen molar-refractivity contribution in [2.24, 2.45) is 17.3 Å². The van der Waals surface area contributed by atoms with Crippen molar-refractivity contribution >= 4 is 31.1 Å². The van der Waals surface area contributed by atoms with Crippen LogP contribution in [0.1, 0.15) is 134 Å². The summed E-state index contributed by atoms with van der Waals surface area (Å²) in [6, 6.07) is 4.41. The lowest BCUT2D eigenvalue weighted by molar-refractivity contribution is -0.199. The fourth-order valence-electron chi connectivity index (χ4n) is 8.28. The first-order chi connectivity index (χ1) is 26.1. The Morgan fingerprint density at radius 1 is 0.860 bits per heavy atom. The normalized spacial score (nSPS) is 23.6. The van der Waals surface area contributed by atoms with Crippen molar-refractivity contribution in [1.82, 2.24) is 10.6 Å². The molecule has 3 aliphatic carbocycles. The highest BCUT2D eigenvalue weighted by atomic mass is 19.1. The monoisotopic (exact) mass is 798 g/mol. The minimum atomic E-state index is -2.00. The summed E-state index contributed by atoms with van der Waals surface area (Å²) in [5.41, 5.74) is -4.16. The minimum absolute atomic E-state index is 0.00380. The summed E-state index contributed by atoms with van der Waals surface area (Å²) >= 11 is 0. The Bertz CT molecular complexity index is 1880. The predicted octanol–water partition coefficient (Wildman–Crippen LogP) is 7.44. The molecule has 2 amide bonds. The van der Waals surface area contributed by atoms with Crippen LogP contribution in [0, 0.1) is 28.9 Å². The molecular formula is C42H57BF2N2O10. The van der Waals surface area contributed by atoms with Crippen molar-refractivity contribution in [3.05, 3.63) is 64.2 Å². The maximum Gasteiger partial charge on any atom is 0.482 e. The van der Waals surface area contributed by atoms with Crippen LogP contribution in [-0.2, 0) is 34.7 Å². The third-order valence-corrected chi connectivity index (χ3v) is 10.9. The van der Waals surface area contributed by atoms with E-state index in [0.717, 1.165) is 25.0 Å². The minimum Gasteiger partial charge on any atom is -0.496 e. The molecule has 6 rings (SSSR count). The van der Waals surface area contributed by atoms with Gasteiger partial charge in [0.15, 0.2) is 0 Å². The summed E-state index contributed by atoms with van der Waals surface area (Å²) < 4.78 is 67.6. The number of carbonyl (C=O) groups excluding carboxylic acids is 4. The number of esters is 2. The molecule has 2 unspecified atom stereocenters. The average molecular weight is 799 g/mol. The van der Waals surface area contributed by atoms with Crippen LogP contribution in [0.5, 0.6) is 5.75 Å². The summed E-state index contributed by atoms with van der Waals surface area (Å²) in [5, 5.41) is 5.19. The number of amides is 2. The van der Waals surface area contributed by atoms with E-state index in [0.29, 0.717) is 11.5 Å². The second-order valence-corrected chi connectivity index (χ2v) is 19.1. The molecule has 3 saturated carbocycles. The molecule has 2 aromatic carbocycles. The Hall–Kier alpha value is -4.24. The van der Waals surface area contributed by atoms with E-state index in [9.17, 15) is 19.2 Å². The van der Waals surface area contributed by atoms with Crippen LogP contribution >= 0.6 is 0 Å². The van der Waals surface area contributed by atoms with Crippen molar-refractivity contribution in [2.75, 3.05) is 7.11 Å². The highest BCUT2D eigenvalue weighted by Crippen LogP contribution is 2.65. The molecule has 2 aromatic rings. The van der Waals surface area contributed by atoms with Crippen LogP contribution in [0.15, 0.2) is 30.3 Å². The van der Waals surface area contributed by atoms with Crippen molar-refractivity contribution < 1.29 is 56.2 Å². The van der Waals surface area contributed by atoms with E-state index in [4.69, 9.17) is 28.3 Å². The number of methoxy groups -OCH3 is 1. The smallest absolute Gasteiger partial charge is 0.482 e. The van der Waals surface area contributed by atoms with Gasteiger partial charge in [-0.1, -0.05) is 26.0 Å². The fraction of sp³-hybridized carbons (Fsp3) is 0.619. The first-order valence-corrected chi connectivity index (χ1v) is 19.4. The third kappa shape index (κ3) is 9.57. The van der Waals surface area contributed by atoms with Crippen molar-refractivity contribution in [1.29, 1.82) is 0 Å². The summed E-state index contributed by atoms with van der Waals surface area (Å²) in [5.74, 6) is -5.51. The molecule has 12 nitrogen and oxygen atoms in total. The molecule has 0 spiro atoms. The van der Waals surface area contributed by atoms with Crippen LogP contribution in [-0.4, -0.2) is 72.6 Å². The largest absolute Gasteiger partial charge is 0.496 e. The number of para-hydroxylation sites is 1. The molecule has 1 saturated heterocycles. The molecule has 2 N–H and O–H groups in total. The van der Waals surface area contributed by atoms with Gasteiger partial charge in [-0.05, 0) is 130 Å². The molecule has 4 fully saturated rings. The zero-order valence-electron chi connectivity index (χ0n) is 35.3. The molecule has 6 atom stereocenters. The number of rotatable bonds is 10. The van der Waals surface area contributed by atoms with Gasteiger partial charge >= 0.3 is 25.2 Å². The maximum absolute atomic E-state index is 16.1. The average Bonchev–Trinajstić information content (AvgIpc) is 3.41. The molecule has 0 radical (unpaired) electrons. The van der Waals surface area contributed by atoms with E-state index in [1.54, 1.807) is 80.5 Å². The van der Waals surface area contributed by atoms with Gasteiger partial charge in [-0.2, -0.15) is 0 Å². The van der Waals surface area contributed by atoms with Crippen molar-refractivity contribution in [2.45, 2.75) is 143 Å². The summed E-state index contributed by atoms with van der Waals surface area (Å²) in [4.78, 5) is 53.8. The van der Waals surface area contributed by atoms with Gasteiger partial charge < -0.3 is 38.9 Å². The van der Waals surface area contributed by atoms with E-state index in [-0.39, 0.29) is 35.2 Å². The maximum atomic E-state index is 16.1. The number of halogens is 2. The number of hydrogen-bond donors (Lipinski definition) is 2. The Kier molecular flexibility index (Phi) is 11.9. The van der Waals surface area contributed by atoms with E-state index in [2.05, 4.69) is 24.5 Å². The standard InChI is InChI=1S/C42H57BF2N2O10/c1-38(2,3)53-35(49)23-17-26(44)31(27(45)18-23)32(47-37(51)55-40(7,8)9)34(48)46-30(43-56-29-21-24-20-28(41(24,10)11)42(29,12)57-43)19-22-15-14-16-25(33(22)52-13)36(50)54-39(4,5)6/h14-18,24,28-30,32H,19-21H2,1-13H3,(H,46,48)(H,47,51)/t24-,28-,29+,30?,32?,42-/m0/s1. The lowest BCUT2D eigenvalue weighted by atomic mass is 9.43. The van der Waals surface area contributed by atoms with Gasteiger partial charge in [0.25, 0.3) is 0 Å². The molecule has 15 heteroatoms. The van der Waals surface area contributed by atoms with Gasteiger partial charge in [0, 0.05) is 0 Å². The summed E-state index contributed by atoms with van der Waals surface area (Å²) in [6.45, 7) is 21.2. The van der Waals surface area contributed by atoms with E-state index in [1.807, 2.05) is 6.92 Å². The number of benzene rings is 2.